The molecule has 0 bridgehead atoms. The van der Waals surface area contributed by atoms with Crippen LogP contribution in [0.5, 0.6) is 0 Å². The van der Waals surface area contributed by atoms with Crippen molar-refractivity contribution < 1.29 is 0 Å². The molecule has 1 N–H and O–H groups in total. The molecule has 0 spiro atoms. The fraction of sp³-hybridized carbons (Fsp3) is 0.200. The molecule has 3 nitrogen and oxygen atoms in total. The van der Waals surface area contributed by atoms with Crippen LogP contribution in [-0.2, 0) is 5.75 Å². The van der Waals surface area contributed by atoms with Crippen LogP contribution in [0.3, 0.4) is 0 Å². The second-order valence-corrected chi connectivity index (χ2v) is 7.36. The standard InChI is InChI=1S/C15H13ClN2OS2/c1-8-9(2)21-14-12(8)13(19)17-15(18-14)20-7-10-4-3-5-11(16)6-10/h3-6H,7H2,1-2H3,(H,17,18,19). The summed E-state index contributed by atoms with van der Waals surface area (Å²) in [5, 5.41) is 2.08. The van der Waals surface area contributed by atoms with Crippen LogP contribution in [-0.4, -0.2) is 9.97 Å². The van der Waals surface area contributed by atoms with Gasteiger partial charge >= 0.3 is 0 Å². The number of benzene rings is 1. The van der Waals surface area contributed by atoms with E-state index in [1.54, 1.807) is 11.3 Å². The molecule has 0 aliphatic heterocycles. The van der Waals surface area contributed by atoms with Crippen molar-refractivity contribution in [3.63, 3.8) is 0 Å². The molecule has 0 unspecified atom stereocenters. The van der Waals surface area contributed by atoms with Crippen LogP contribution < -0.4 is 5.56 Å². The van der Waals surface area contributed by atoms with Gasteiger partial charge in [0.1, 0.15) is 4.83 Å². The van der Waals surface area contributed by atoms with Gasteiger partial charge in [0, 0.05) is 15.7 Å². The number of nitrogens with zero attached hydrogens (tertiary/aromatic N) is 1. The summed E-state index contributed by atoms with van der Waals surface area (Å²) in [4.78, 5) is 21.5. The molecule has 108 valence electrons. The number of halogens is 1. The van der Waals surface area contributed by atoms with Crippen molar-refractivity contribution >= 4 is 44.9 Å². The van der Waals surface area contributed by atoms with E-state index in [0.717, 1.165) is 31.6 Å². The Morgan fingerprint density at radius 3 is 2.95 bits per heavy atom. The molecule has 1 aromatic carbocycles. The lowest BCUT2D eigenvalue weighted by molar-refractivity contribution is 0.978. The van der Waals surface area contributed by atoms with Gasteiger partial charge in [-0.05, 0) is 37.1 Å². The van der Waals surface area contributed by atoms with Crippen LogP contribution in [0.1, 0.15) is 16.0 Å². The van der Waals surface area contributed by atoms with Crippen LogP contribution in [0, 0.1) is 13.8 Å². The molecular weight excluding hydrogens is 324 g/mol. The van der Waals surface area contributed by atoms with Gasteiger partial charge in [-0.2, -0.15) is 0 Å². The van der Waals surface area contributed by atoms with Gasteiger partial charge in [-0.25, -0.2) is 4.98 Å². The summed E-state index contributed by atoms with van der Waals surface area (Å²) < 4.78 is 0. The number of rotatable bonds is 3. The number of fused-ring (bicyclic) bond motifs is 1. The van der Waals surface area contributed by atoms with Gasteiger partial charge in [0.15, 0.2) is 5.16 Å². The number of aromatic nitrogens is 2. The first-order valence-electron chi connectivity index (χ1n) is 6.42. The summed E-state index contributed by atoms with van der Waals surface area (Å²) in [5.41, 5.74) is 2.07. The highest BCUT2D eigenvalue weighted by atomic mass is 35.5. The minimum atomic E-state index is -0.0598. The molecule has 2 heterocycles. The Kier molecular flexibility index (Phi) is 4.06. The molecule has 21 heavy (non-hydrogen) atoms. The van der Waals surface area contributed by atoms with E-state index in [9.17, 15) is 4.79 Å². The van der Waals surface area contributed by atoms with Crippen LogP contribution in [0.4, 0.5) is 0 Å². The molecule has 3 aromatic rings. The lowest BCUT2D eigenvalue weighted by Gasteiger charge is -2.02. The second-order valence-electron chi connectivity index (χ2n) is 4.75. The molecule has 0 saturated heterocycles. The number of thiophene rings is 1. The molecule has 0 radical (unpaired) electrons. The zero-order chi connectivity index (χ0) is 15.0. The van der Waals surface area contributed by atoms with Crippen molar-refractivity contribution in [2.45, 2.75) is 24.8 Å². The zero-order valence-corrected chi connectivity index (χ0v) is 14.0. The van der Waals surface area contributed by atoms with Gasteiger partial charge in [-0.15, -0.1) is 11.3 Å². The largest absolute Gasteiger partial charge is 0.301 e. The highest BCUT2D eigenvalue weighted by molar-refractivity contribution is 7.98. The van der Waals surface area contributed by atoms with E-state index < -0.39 is 0 Å². The topological polar surface area (TPSA) is 45.8 Å². The number of H-pyrrole nitrogens is 1. The molecule has 3 rings (SSSR count). The predicted molar refractivity (Wildman–Crippen MR) is 90.7 cm³/mol. The fourth-order valence-corrected chi connectivity index (χ4v) is 4.19. The summed E-state index contributed by atoms with van der Waals surface area (Å²) in [6.45, 7) is 3.98. The quantitative estimate of drug-likeness (QED) is 0.564. The van der Waals surface area contributed by atoms with E-state index in [-0.39, 0.29) is 5.56 Å². The minimum absolute atomic E-state index is 0.0598. The first kappa shape index (κ1) is 14.6. The van der Waals surface area contributed by atoms with E-state index >= 15 is 0 Å². The second kappa shape index (κ2) is 5.83. The van der Waals surface area contributed by atoms with E-state index in [2.05, 4.69) is 9.97 Å². The van der Waals surface area contributed by atoms with E-state index in [1.807, 2.05) is 38.1 Å². The molecular formula is C15H13ClN2OS2. The van der Waals surface area contributed by atoms with Crippen molar-refractivity contribution in [3.05, 3.63) is 55.6 Å². The van der Waals surface area contributed by atoms with Gasteiger partial charge in [-0.1, -0.05) is 35.5 Å². The third-order valence-electron chi connectivity index (χ3n) is 3.28. The smallest absolute Gasteiger partial charge is 0.260 e. The Balaban J connectivity index is 1.90. The highest BCUT2D eigenvalue weighted by Gasteiger charge is 2.12. The Hall–Kier alpha value is -1.30. The van der Waals surface area contributed by atoms with Crippen LogP contribution in [0.25, 0.3) is 10.2 Å². The third-order valence-corrected chi connectivity index (χ3v) is 5.56. The summed E-state index contributed by atoms with van der Waals surface area (Å²) >= 11 is 9.04. The van der Waals surface area contributed by atoms with Crippen molar-refractivity contribution in [2.75, 3.05) is 0 Å². The molecule has 0 aliphatic carbocycles. The van der Waals surface area contributed by atoms with Crippen molar-refractivity contribution in [2.24, 2.45) is 0 Å². The number of hydrogen-bond acceptors (Lipinski definition) is 4. The van der Waals surface area contributed by atoms with E-state index in [4.69, 9.17) is 11.6 Å². The fourth-order valence-electron chi connectivity index (χ4n) is 2.08. The van der Waals surface area contributed by atoms with Crippen molar-refractivity contribution in [1.82, 2.24) is 9.97 Å². The number of thioether (sulfide) groups is 1. The van der Waals surface area contributed by atoms with Gasteiger partial charge in [0.05, 0.1) is 5.39 Å². The predicted octanol–water partition coefficient (Wildman–Crippen LogP) is 4.55. The van der Waals surface area contributed by atoms with Crippen molar-refractivity contribution in [3.8, 4) is 0 Å². The molecule has 6 heteroatoms. The molecule has 0 aliphatic rings. The minimum Gasteiger partial charge on any atom is -0.301 e. The average Bonchev–Trinajstić information content (AvgIpc) is 2.72. The third kappa shape index (κ3) is 3.00. The summed E-state index contributed by atoms with van der Waals surface area (Å²) in [6.07, 6.45) is 0. The lowest BCUT2D eigenvalue weighted by Crippen LogP contribution is -2.08. The molecule has 0 atom stereocenters. The van der Waals surface area contributed by atoms with Crippen LogP contribution in [0.15, 0.2) is 34.2 Å². The summed E-state index contributed by atoms with van der Waals surface area (Å²) in [6, 6.07) is 7.70. The Morgan fingerprint density at radius 2 is 2.19 bits per heavy atom. The number of nitrogens with one attached hydrogen (secondary N) is 1. The maximum absolute atomic E-state index is 12.2. The number of aromatic amines is 1. The first-order valence-corrected chi connectivity index (χ1v) is 8.60. The van der Waals surface area contributed by atoms with E-state index in [1.165, 1.54) is 11.8 Å². The first-order chi connectivity index (χ1) is 10.0. The van der Waals surface area contributed by atoms with Crippen LogP contribution >= 0.6 is 34.7 Å². The van der Waals surface area contributed by atoms with Gasteiger partial charge in [0.25, 0.3) is 5.56 Å². The highest BCUT2D eigenvalue weighted by Crippen LogP contribution is 2.28. The van der Waals surface area contributed by atoms with E-state index in [0.29, 0.717) is 10.5 Å². The lowest BCUT2D eigenvalue weighted by atomic mass is 10.2. The average molecular weight is 337 g/mol. The SMILES string of the molecule is Cc1sc2nc(SCc3cccc(Cl)c3)[nH]c(=O)c2c1C. The Labute approximate surface area is 135 Å². The number of hydrogen-bond donors (Lipinski definition) is 1. The van der Waals surface area contributed by atoms with Gasteiger partial charge < -0.3 is 4.98 Å². The maximum Gasteiger partial charge on any atom is 0.260 e. The molecule has 0 saturated carbocycles. The Bertz CT molecular complexity index is 870. The van der Waals surface area contributed by atoms with Crippen molar-refractivity contribution in [1.29, 1.82) is 0 Å². The monoisotopic (exact) mass is 336 g/mol. The molecule has 2 aromatic heterocycles. The maximum atomic E-state index is 12.2. The zero-order valence-electron chi connectivity index (χ0n) is 11.6. The number of aryl methyl sites for hydroxylation is 2. The van der Waals surface area contributed by atoms with Gasteiger partial charge in [0.2, 0.25) is 0 Å². The summed E-state index contributed by atoms with van der Waals surface area (Å²) in [5.74, 6) is 0.721. The van der Waals surface area contributed by atoms with Gasteiger partial charge in [-0.3, -0.25) is 4.79 Å². The summed E-state index contributed by atoms with van der Waals surface area (Å²) in [7, 11) is 0. The van der Waals surface area contributed by atoms with Crippen LogP contribution in [0.2, 0.25) is 5.02 Å². The normalized spacial score (nSPS) is 11.2. The molecule has 0 fully saturated rings. The molecule has 0 amide bonds. The Morgan fingerprint density at radius 1 is 1.38 bits per heavy atom.